The number of hydrogen-bond donors (Lipinski definition) is 2. The lowest BCUT2D eigenvalue weighted by molar-refractivity contribution is 0.0350. The quantitative estimate of drug-likeness (QED) is 0.601. The highest BCUT2D eigenvalue weighted by Crippen LogP contribution is 2.08. The molecule has 1 saturated heterocycles. The summed E-state index contributed by atoms with van der Waals surface area (Å²) in [5, 5.41) is 18.3. The summed E-state index contributed by atoms with van der Waals surface area (Å²) < 4.78 is 5.28. The van der Waals surface area contributed by atoms with E-state index in [-0.39, 0.29) is 12.7 Å². The van der Waals surface area contributed by atoms with E-state index in [1.54, 1.807) is 0 Å². The van der Waals surface area contributed by atoms with Gasteiger partial charge >= 0.3 is 0 Å². The van der Waals surface area contributed by atoms with E-state index in [1.165, 1.54) is 0 Å². The van der Waals surface area contributed by atoms with Crippen LogP contribution in [-0.4, -0.2) is 60.7 Å². The SMILES string of the molecule is OCCCCC(O)CCCN1CCOCC1. The Bertz CT molecular complexity index is 160. The maximum atomic E-state index is 9.68. The number of morpholine rings is 1. The Morgan fingerprint density at radius 2 is 1.75 bits per heavy atom. The van der Waals surface area contributed by atoms with E-state index in [1.807, 2.05) is 0 Å². The van der Waals surface area contributed by atoms with Crippen molar-refractivity contribution in [2.45, 2.75) is 38.2 Å². The van der Waals surface area contributed by atoms with Crippen LogP contribution in [0.1, 0.15) is 32.1 Å². The molecule has 1 aliphatic rings. The van der Waals surface area contributed by atoms with Gasteiger partial charge in [-0.2, -0.15) is 0 Å². The van der Waals surface area contributed by atoms with Crippen molar-refractivity contribution in [3.63, 3.8) is 0 Å². The monoisotopic (exact) mass is 231 g/mol. The van der Waals surface area contributed by atoms with Crippen LogP contribution in [0.3, 0.4) is 0 Å². The fraction of sp³-hybridized carbons (Fsp3) is 1.00. The minimum absolute atomic E-state index is 0.187. The predicted octanol–water partition coefficient (Wildman–Crippen LogP) is 0.622. The molecular formula is C12H25NO3. The molecule has 0 saturated carbocycles. The summed E-state index contributed by atoms with van der Waals surface area (Å²) in [4.78, 5) is 2.39. The molecule has 16 heavy (non-hydrogen) atoms. The van der Waals surface area contributed by atoms with Crippen molar-refractivity contribution in [2.75, 3.05) is 39.5 Å². The Morgan fingerprint density at radius 3 is 2.44 bits per heavy atom. The maximum absolute atomic E-state index is 9.68. The van der Waals surface area contributed by atoms with Crippen molar-refractivity contribution in [1.82, 2.24) is 4.90 Å². The zero-order valence-electron chi connectivity index (χ0n) is 10.1. The van der Waals surface area contributed by atoms with E-state index in [4.69, 9.17) is 9.84 Å². The summed E-state index contributed by atoms with van der Waals surface area (Å²) >= 11 is 0. The first-order valence-electron chi connectivity index (χ1n) is 6.42. The molecule has 1 unspecified atom stereocenters. The summed E-state index contributed by atoms with van der Waals surface area (Å²) in [7, 11) is 0. The average Bonchev–Trinajstić information content (AvgIpc) is 2.31. The number of aliphatic hydroxyl groups excluding tert-OH is 2. The number of rotatable bonds is 8. The van der Waals surface area contributed by atoms with Crippen LogP contribution in [0, 0.1) is 0 Å². The van der Waals surface area contributed by atoms with Gasteiger partial charge in [0, 0.05) is 19.7 Å². The molecule has 4 heteroatoms. The lowest BCUT2D eigenvalue weighted by atomic mass is 10.1. The van der Waals surface area contributed by atoms with Gasteiger partial charge in [-0.05, 0) is 38.6 Å². The van der Waals surface area contributed by atoms with E-state index in [0.29, 0.717) is 0 Å². The fourth-order valence-electron chi connectivity index (χ4n) is 2.01. The molecule has 1 heterocycles. The molecule has 0 aromatic carbocycles. The minimum atomic E-state index is -0.187. The van der Waals surface area contributed by atoms with Gasteiger partial charge in [-0.3, -0.25) is 4.90 Å². The van der Waals surface area contributed by atoms with E-state index in [2.05, 4.69) is 4.90 Å². The third-order valence-corrected chi connectivity index (χ3v) is 3.06. The summed E-state index contributed by atoms with van der Waals surface area (Å²) in [6.45, 7) is 5.06. The van der Waals surface area contributed by atoms with Gasteiger partial charge in [0.25, 0.3) is 0 Å². The lowest BCUT2D eigenvalue weighted by Gasteiger charge is -2.26. The maximum Gasteiger partial charge on any atom is 0.0594 e. The molecule has 1 aliphatic heterocycles. The van der Waals surface area contributed by atoms with Gasteiger partial charge in [0.15, 0.2) is 0 Å². The van der Waals surface area contributed by atoms with Crippen molar-refractivity contribution in [2.24, 2.45) is 0 Å². The first kappa shape index (κ1) is 13.9. The summed E-state index contributed by atoms with van der Waals surface area (Å²) in [6.07, 6.45) is 4.30. The molecular weight excluding hydrogens is 206 g/mol. The topological polar surface area (TPSA) is 52.9 Å². The Balaban J connectivity index is 1.92. The molecule has 2 N–H and O–H groups in total. The molecule has 96 valence electrons. The Labute approximate surface area is 98.2 Å². The largest absolute Gasteiger partial charge is 0.396 e. The van der Waals surface area contributed by atoms with Crippen LogP contribution in [0.5, 0.6) is 0 Å². The molecule has 0 aliphatic carbocycles. The highest BCUT2D eigenvalue weighted by atomic mass is 16.5. The Kier molecular flexibility index (Phi) is 7.76. The van der Waals surface area contributed by atoms with Gasteiger partial charge in [-0.1, -0.05) is 0 Å². The molecule has 1 atom stereocenters. The molecule has 0 radical (unpaired) electrons. The van der Waals surface area contributed by atoms with Crippen molar-refractivity contribution in [3.8, 4) is 0 Å². The van der Waals surface area contributed by atoms with Crippen LogP contribution in [0.2, 0.25) is 0 Å². The molecule has 1 fully saturated rings. The van der Waals surface area contributed by atoms with Gasteiger partial charge in [0.05, 0.1) is 19.3 Å². The van der Waals surface area contributed by atoms with Crippen molar-refractivity contribution < 1.29 is 14.9 Å². The summed E-state index contributed by atoms with van der Waals surface area (Å²) in [5.74, 6) is 0. The summed E-state index contributed by atoms with van der Waals surface area (Å²) in [6, 6.07) is 0. The standard InChI is InChI=1S/C12H25NO3/c14-9-2-1-4-12(15)5-3-6-13-7-10-16-11-8-13/h12,14-15H,1-11H2. The van der Waals surface area contributed by atoms with Crippen molar-refractivity contribution in [3.05, 3.63) is 0 Å². The molecule has 0 spiro atoms. The minimum Gasteiger partial charge on any atom is -0.396 e. The molecule has 4 nitrogen and oxygen atoms in total. The molecule has 0 bridgehead atoms. The van der Waals surface area contributed by atoms with E-state index in [0.717, 1.165) is 65.0 Å². The predicted molar refractivity (Wildman–Crippen MR) is 63.4 cm³/mol. The van der Waals surface area contributed by atoms with Gasteiger partial charge in [0.2, 0.25) is 0 Å². The van der Waals surface area contributed by atoms with Crippen molar-refractivity contribution >= 4 is 0 Å². The van der Waals surface area contributed by atoms with Gasteiger partial charge < -0.3 is 14.9 Å². The van der Waals surface area contributed by atoms with Crippen molar-refractivity contribution in [1.29, 1.82) is 0 Å². The second kappa shape index (κ2) is 8.93. The highest BCUT2D eigenvalue weighted by Gasteiger charge is 2.10. The van der Waals surface area contributed by atoms with Gasteiger partial charge in [-0.25, -0.2) is 0 Å². The number of aliphatic hydroxyl groups is 2. The fourth-order valence-corrected chi connectivity index (χ4v) is 2.01. The van der Waals surface area contributed by atoms with Gasteiger partial charge in [-0.15, -0.1) is 0 Å². The zero-order chi connectivity index (χ0) is 11.6. The van der Waals surface area contributed by atoms with Crippen LogP contribution in [0.15, 0.2) is 0 Å². The van der Waals surface area contributed by atoms with E-state index in [9.17, 15) is 5.11 Å². The molecule has 0 amide bonds. The highest BCUT2D eigenvalue weighted by molar-refractivity contribution is 4.64. The molecule has 0 aromatic rings. The average molecular weight is 231 g/mol. The molecule has 0 aromatic heterocycles. The van der Waals surface area contributed by atoms with Crippen LogP contribution in [0.4, 0.5) is 0 Å². The van der Waals surface area contributed by atoms with Crippen LogP contribution in [0.25, 0.3) is 0 Å². The summed E-state index contributed by atoms with van der Waals surface area (Å²) in [5.41, 5.74) is 0. The number of nitrogens with zero attached hydrogens (tertiary/aromatic N) is 1. The second-order valence-corrected chi connectivity index (χ2v) is 4.47. The Morgan fingerprint density at radius 1 is 1.06 bits per heavy atom. The number of hydrogen-bond acceptors (Lipinski definition) is 4. The van der Waals surface area contributed by atoms with Crippen LogP contribution < -0.4 is 0 Å². The Hall–Kier alpha value is -0.160. The third kappa shape index (κ3) is 6.43. The second-order valence-electron chi connectivity index (χ2n) is 4.47. The zero-order valence-corrected chi connectivity index (χ0v) is 10.1. The number of ether oxygens (including phenoxy) is 1. The normalized spacial score (nSPS) is 19.9. The smallest absolute Gasteiger partial charge is 0.0594 e. The lowest BCUT2D eigenvalue weighted by Crippen LogP contribution is -2.37. The number of unbranched alkanes of at least 4 members (excludes halogenated alkanes) is 1. The molecule has 1 rings (SSSR count). The van der Waals surface area contributed by atoms with Crippen LogP contribution in [-0.2, 0) is 4.74 Å². The third-order valence-electron chi connectivity index (χ3n) is 3.06. The first-order chi connectivity index (χ1) is 7.83. The first-order valence-corrected chi connectivity index (χ1v) is 6.42. The van der Waals surface area contributed by atoms with E-state index >= 15 is 0 Å². The van der Waals surface area contributed by atoms with Gasteiger partial charge in [0.1, 0.15) is 0 Å². The van der Waals surface area contributed by atoms with Crippen LogP contribution >= 0.6 is 0 Å². The van der Waals surface area contributed by atoms with E-state index < -0.39 is 0 Å².